The lowest BCUT2D eigenvalue weighted by atomic mass is 9.91. The van der Waals surface area contributed by atoms with Crippen molar-refractivity contribution in [2.45, 2.75) is 32.4 Å². The third kappa shape index (κ3) is 2.28. The molecule has 4 nitrogen and oxygen atoms in total. The second-order valence-electron chi connectivity index (χ2n) is 4.84. The molecule has 1 aliphatic rings. The topological polar surface area (TPSA) is 47.1 Å². The van der Waals surface area contributed by atoms with Crippen LogP contribution in [-0.4, -0.2) is 33.8 Å². The first-order valence-corrected chi connectivity index (χ1v) is 6.13. The first kappa shape index (κ1) is 11.6. The minimum Gasteiger partial charge on any atom is -0.329 e. The van der Waals surface area contributed by atoms with E-state index in [4.69, 9.17) is 5.73 Å². The molecule has 2 heterocycles. The molecule has 1 fully saturated rings. The van der Waals surface area contributed by atoms with Crippen molar-refractivity contribution in [3.05, 3.63) is 18.0 Å². The van der Waals surface area contributed by atoms with Gasteiger partial charge in [-0.05, 0) is 31.4 Å². The van der Waals surface area contributed by atoms with Crippen LogP contribution in [0.25, 0.3) is 0 Å². The molecular formula is C12H22N4. The van der Waals surface area contributed by atoms with Gasteiger partial charge in [0.15, 0.2) is 0 Å². The summed E-state index contributed by atoms with van der Waals surface area (Å²) in [7, 11) is 2.00. The molecule has 2 unspecified atom stereocenters. The van der Waals surface area contributed by atoms with Crippen LogP contribution in [0.15, 0.2) is 12.3 Å². The molecule has 0 aliphatic carbocycles. The summed E-state index contributed by atoms with van der Waals surface area (Å²) in [5.74, 6) is 0.715. The Morgan fingerprint density at radius 1 is 1.56 bits per heavy atom. The fraction of sp³-hybridized carbons (Fsp3) is 0.750. The van der Waals surface area contributed by atoms with Crippen LogP contribution in [0.4, 0.5) is 0 Å². The third-order valence-electron chi connectivity index (χ3n) is 3.76. The van der Waals surface area contributed by atoms with Crippen LogP contribution in [0.5, 0.6) is 0 Å². The van der Waals surface area contributed by atoms with Gasteiger partial charge in [0.1, 0.15) is 0 Å². The zero-order valence-electron chi connectivity index (χ0n) is 10.3. The Balaban J connectivity index is 2.05. The molecule has 90 valence electrons. The van der Waals surface area contributed by atoms with E-state index in [0.717, 1.165) is 19.6 Å². The number of rotatable bonds is 3. The molecule has 1 saturated heterocycles. The van der Waals surface area contributed by atoms with Crippen LogP contribution < -0.4 is 5.73 Å². The molecule has 0 radical (unpaired) electrons. The normalized spacial score (nSPS) is 27.2. The summed E-state index contributed by atoms with van der Waals surface area (Å²) in [6, 6.07) is 2.62. The quantitative estimate of drug-likeness (QED) is 0.829. The Bertz CT molecular complexity index is 334. The predicted octanol–water partition coefficient (Wildman–Crippen LogP) is 0.979. The highest BCUT2D eigenvalue weighted by molar-refractivity contribution is 5.01. The number of hydrogen-bond acceptors (Lipinski definition) is 3. The first-order chi connectivity index (χ1) is 7.72. The summed E-state index contributed by atoms with van der Waals surface area (Å²) < 4.78 is 1.95. The van der Waals surface area contributed by atoms with Gasteiger partial charge in [0, 0.05) is 32.4 Å². The second kappa shape index (κ2) is 4.97. The zero-order valence-corrected chi connectivity index (χ0v) is 10.3. The molecule has 0 bridgehead atoms. The van der Waals surface area contributed by atoms with Crippen LogP contribution in [0.2, 0.25) is 0 Å². The van der Waals surface area contributed by atoms with E-state index in [1.807, 2.05) is 17.9 Å². The van der Waals surface area contributed by atoms with Crippen LogP contribution in [0.1, 0.15) is 25.5 Å². The van der Waals surface area contributed by atoms with Gasteiger partial charge >= 0.3 is 0 Å². The maximum absolute atomic E-state index is 5.89. The minimum atomic E-state index is 0.531. The van der Waals surface area contributed by atoms with Crippen molar-refractivity contribution in [2.24, 2.45) is 18.7 Å². The van der Waals surface area contributed by atoms with Crippen molar-refractivity contribution in [1.29, 1.82) is 0 Å². The molecule has 16 heavy (non-hydrogen) atoms. The number of hydrogen-bond donors (Lipinski definition) is 1. The molecular weight excluding hydrogens is 200 g/mol. The van der Waals surface area contributed by atoms with Crippen molar-refractivity contribution in [3.63, 3.8) is 0 Å². The maximum Gasteiger partial charge on any atom is 0.0521 e. The van der Waals surface area contributed by atoms with Crippen LogP contribution in [-0.2, 0) is 13.6 Å². The van der Waals surface area contributed by atoms with E-state index in [2.05, 4.69) is 23.0 Å². The molecule has 1 aromatic heterocycles. The monoisotopic (exact) mass is 222 g/mol. The van der Waals surface area contributed by atoms with Gasteiger partial charge in [-0.3, -0.25) is 9.58 Å². The van der Waals surface area contributed by atoms with E-state index in [9.17, 15) is 0 Å². The van der Waals surface area contributed by atoms with E-state index in [-0.39, 0.29) is 0 Å². The SMILES string of the molecule is CC1CCCN(Cc2ccnn2C)C1CN. The lowest BCUT2D eigenvalue weighted by Gasteiger charge is -2.39. The highest BCUT2D eigenvalue weighted by Crippen LogP contribution is 2.23. The van der Waals surface area contributed by atoms with Crippen molar-refractivity contribution in [2.75, 3.05) is 13.1 Å². The molecule has 1 aliphatic heterocycles. The summed E-state index contributed by atoms with van der Waals surface area (Å²) in [6.07, 6.45) is 4.46. The van der Waals surface area contributed by atoms with Gasteiger partial charge in [0.2, 0.25) is 0 Å². The van der Waals surface area contributed by atoms with Crippen molar-refractivity contribution in [3.8, 4) is 0 Å². The Hall–Kier alpha value is -0.870. The Kier molecular flexibility index (Phi) is 3.61. The lowest BCUT2D eigenvalue weighted by molar-refractivity contribution is 0.0965. The maximum atomic E-state index is 5.89. The molecule has 0 spiro atoms. The summed E-state index contributed by atoms with van der Waals surface area (Å²) in [6.45, 7) is 5.21. The number of piperidine rings is 1. The summed E-state index contributed by atoms with van der Waals surface area (Å²) >= 11 is 0. The number of aryl methyl sites for hydroxylation is 1. The Morgan fingerprint density at radius 2 is 2.38 bits per heavy atom. The summed E-state index contributed by atoms with van der Waals surface area (Å²) in [5, 5.41) is 4.21. The van der Waals surface area contributed by atoms with Gasteiger partial charge in [0.25, 0.3) is 0 Å². The van der Waals surface area contributed by atoms with Gasteiger partial charge in [-0.15, -0.1) is 0 Å². The van der Waals surface area contributed by atoms with Gasteiger partial charge in [-0.1, -0.05) is 6.92 Å². The van der Waals surface area contributed by atoms with Crippen LogP contribution in [0.3, 0.4) is 0 Å². The number of likely N-dealkylation sites (tertiary alicyclic amines) is 1. The van der Waals surface area contributed by atoms with Gasteiger partial charge in [0.05, 0.1) is 5.69 Å². The molecule has 2 N–H and O–H groups in total. The van der Waals surface area contributed by atoms with Crippen LogP contribution >= 0.6 is 0 Å². The predicted molar refractivity (Wildman–Crippen MR) is 64.9 cm³/mol. The Morgan fingerprint density at radius 3 is 3.00 bits per heavy atom. The number of nitrogens with zero attached hydrogens (tertiary/aromatic N) is 3. The minimum absolute atomic E-state index is 0.531. The molecule has 0 amide bonds. The van der Waals surface area contributed by atoms with Gasteiger partial charge in [-0.25, -0.2) is 0 Å². The molecule has 0 saturated carbocycles. The Labute approximate surface area is 97.4 Å². The van der Waals surface area contributed by atoms with Crippen LogP contribution in [0, 0.1) is 5.92 Å². The average Bonchev–Trinajstić information content (AvgIpc) is 2.65. The second-order valence-corrected chi connectivity index (χ2v) is 4.84. The van der Waals surface area contributed by atoms with E-state index >= 15 is 0 Å². The molecule has 2 atom stereocenters. The highest BCUT2D eigenvalue weighted by atomic mass is 15.3. The molecule has 4 heteroatoms. The van der Waals surface area contributed by atoms with E-state index in [1.165, 1.54) is 18.5 Å². The smallest absolute Gasteiger partial charge is 0.0521 e. The van der Waals surface area contributed by atoms with E-state index in [0.29, 0.717) is 12.0 Å². The average molecular weight is 222 g/mol. The van der Waals surface area contributed by atoms with Gasteiger partial charge in [-0.2, -0.15) is 5.10 Å². The molecule has 1 aromatic rings. The van der Waals surface area contributed by atoms with Crippen molar-refractivity contribution < 1.29 is 0 Å². The van der Waals surface area contributed by atoms with Crippen molar-refractivity contribution >= 4 is 0 Å². The standard InChI is InChI=1S/C12H22N4/c1-10-4-3-7-16(12(10)8-13)9-11-5-6-14-15(11)2/h5-6,10,12H,3-4,7-9,13H2,1-2H3. The third-order valence-corrected chi connectivity index (χ3v) is 3.76. The highest BCUT2D eigenvalue weighted by Gasteiger charge is 2.27. The molecule has 2 rings (SSSR count). The van der Waals surface area contributed by atoms with Gasteiger partial charge < -0.3 is 5.73 Å². The number of nitrogens with two attached hydrogens (primary N) is 1. The summed E-state index contributed by atoms with van der Waals surface area (Å²) in [4.78, 5) is 2.51. The summed E-state index contributed by atoms with van der Waals surface area (Å²) in [5.41, 5.74) is 7.16. The lowest BCUT2D eigenvalue weighted by Crippen LogP contribution is -2.48. The molecule has 0 aromatic carbocycles. The zero-order chi connectivity index (χ0) is 11.5. The number of aromatic nitrogens is 2. The van der Waals surface area contributed by atoms with Crippen molar-refractivity contribution in [1.82, 2.24) is 14.7 Å². The largest absolute Gasteiger partial charge is 0.329 e. The van der Waals surface area contributed by atoms with E-state index in [1.54, 1.807) is 0 Å². The van der Waals surface area contributed by atoms with E-state index < -0.39 is 0 Å². The first-order valence-electron chi connectivity index (χ1n) is 6.13. The fourth-order valence-electron chi connectivity index (χ4n) is 2.68. The fourth-order valence-corrected chi connectivity index (χ4v) is 2.68.